The number of amides is 1. The second kappa shape index (κ2) is 7.74. The van der Waals surface area contributed by atoms with Crippen LogP contribution in [0.3, 0.4) is 0 Å². The summed E-state index contributed by atoms with van der Waals surface area (Å²) in [5.74, 6) is 1.50. The smallest absolute Gasteiger partial charge is 0.290 e. The molecule has 1 aromatic carbocycles. The van der Waals surface area contributed by atoms with Gasteiger partial charge in [0.15, 0.2) is 5.69 Å². The number of rotatable bonds is 3. The van der Waals surface area contributed by atoms with Crippen LogP contribution in [0.1, 0.15) is 29.8 Å². The molecule has 1 aromatic heterocycles. The molecule has 0 aliphatic carbocycles. The predicted molar refractivity (Wildman–Crippen MR) is 96.1 cm³/mol. The van der Waals surface area contributed by atoms with E-state index in [1.807, 2.05) is 30.1 Å². The number of nitrogens with one attached hydrogen (secondary N) is 1. The molecule has 0 radical (unpaired) electrons. The number of aromatic nitrogens is 2. The molecule has 3 saturated heterocycles. The number of nitrogens with zero attached hydrogens (tertiary/aromatic N) is 3. The Hall–Kier alpha value is -2.61. The second-order valence-electron chi connectivity index (χ2n) is 6.70. The summed E-state index contributed by atoms with van der Waals surface area (Å²) in [6.45, 7) is 1.96. The number of hydrogen-bond acceptors (Lipinski definition) is 5. The maximum atomic E-state index is 12.9. The van der Waals surface area contributed by atoms with Gasteiger partial charge in [-0.2, -0.15) is 5.10 Å². The quantitative estimate of drug-likeness (QED) is 0.810. The largest absolute Gasteiger partial charge is 0.497 e. The number of carbonyl (C=O) groups is 2. The van der Waals surface area contributed by atoms with Crippen molar-refractivity contribution in [3.8, 4) is 5.75 Å². The van der Waals surface area contributed by atoms with Crippen LogP contribution in [0.5, 0.6) is 5.75 Å². The Labute approximate surface area is 151 Å². The first-order valence-corrected chi connectivity index (χ1v) is 8.70. The third-order valence-corrected chi connectivity index (χ3v) is 5.35. The zero-order chi connectivity index (χ0) is 18.7. The lowest BCUT2D eigenvalue weighted by molar-refractivity contribution is -0.122. The lowest BCUT2D eigenvalue weighted by Gasteiger charge is -2.48. The van der Waals surface area contributed by atoms with Gasteiger partial charge in [-0.15, -0.1) is 0 Å². The van der Waals surface area contributed by atoms with Gasteiger partial charge in [-0.05, 0) is 37.3 Å². The molecule has 3 aliphatic rings. The van der Waals surface area contributed by atoms with Gasteiger partial charge in [-0.3, -0.25) is 19.6 Å². The first-order valence-electron chi connectivity index (χ1n) is 8.70. The van der Waals surface area contributed by atoms with Crippen molar-refractivity contribution in [1.29, 1.82) is 0 Å². The van der Waals surface area contributed by atoms with Crippen LogP contribution in [-0.4, -0.2) is 70.9 Å². The lowest BCUT2D eigenvalue weighted by atomic mass is 9.86. The Morgan fingerprint density at radius 3 is 2.69 bits per heavy atom. The van der Waals surface area contributed by atoms with Crippen LogP contribution in [0.4, 0.5) is 0 Å². The second-order valence-corrected chi connectivity index (χ2v) is 6.70. The average molecular weight is 360 g/mol. The van der Waals surface area contributed by atoms with E-state index in [1.165, 1.54) is 12.8 Å². The van der Waals surface area contributed by atoms with Crippen molar-refractivity contribution in [2.45, 2.75) is 25.4 Å². The van der Waals surface area contributed by atoms with E-state index in [0.29, 0.717) is 5.69 Å². The number of carbonyl (C=O) groups excluding carboxylic acids is 1. The van der Waals surface area contributed by atoms with Crippen LogP contribution in [0.15, 0.2) is 18.2 Å². The number of ether oxygens (including phenoxy) is 1. The van der Waals surface area contributed by atoms with E-state index in [1.54, 1.807) is 7.11 Å². The van der Waals surface area contributed by atoms with Crippen molar-refractivity contribution >= 4 is 23.3 Å². The molecule has 8 nitrogen and oxygen atoms in total. The number of H-pyrrole nitrogens is 1. The highest BCUT2D eigenvalue weighted by Crippen LogP contribution is 2.33. The van der Waals surface area contributed by atoms with Gasteiger partial charge in [-0.1, -0.05) is 0 Å². The highest BCUT2D eigenvalue weighted by atomic mass is 16.5. The first kappa shape index (κ1) is 18.2. The van der Waals surface area contributed by atoms with Crippen LogP contribution in [0, 0.1) is 5.92 Å². The monoisotopic (exact) mass is 360 g/mol. The SMILES string of the molecule is COc1ccc2c(C(=O)N(C)[C@H]3CC4CCN3CC4)n[nH]c2c1.O=CO. The molecule has 26 heavy (non-hydrogen) atoms. The number of carboxylic acid groups (broad SMARTS) is 1. The van der Waals surface area contributed by atoms with Gasteiger partial charge >= 0.3 is 0 Å². The van der Waals surface area contributed by atoms with Gasteiger partial charge in [0, 0.05) is 31.6 Å². The summed E-state index contributed by atoms with van der Waals surface area (Å²) in [7, 11) is 3.53. The van der Waals surface area contributed by atoms with Crippen molar-refractivity contribution in [3.05, 3.63) is 23.9 Å². The Bertz CT molecular complexity index is 783. The van der Waals surface area contributed by atoms with Crippen molar-refractivity contribution in [1.82, 2.24) is 20.0 Å². The fraction of sp³-hybridized carbons (Fsp3) is 0.500. The van der Waals surface area contributed by atoms with Gasteiger partial charge in [0.1, 0.15) is 5.75 Å². The molecule has 1 atom stereocenters. The van der Waals surface area contributed by atoms with Gasteiger partial charge in [-0.25, -0.2) is 0 Å². The number of methoxy groups -OCH3 is 1. The summed E-state index contributed by atoms with van der Waals surface area (Å²) < 4.78 is 5.22. The molecule has 5 rings (SSSR count). The third-order valence-electron chi connectivity index (χ3n) is 5.35. The van der Waals surface area contributed by atoms with E-state index in [9.17, 15) is 4.79 Å². The summed E-state index contributed by atoms with van der Waals surface area (Å²) in [6, 6.07) is 5.62. The molecule has 4 heterocycles. The third kappa shape index (κ3) is 3.37. The number of hydrogen-bond donors (Lipinski definition) is 2. The zero-order valence-corrected chi connectivity index (χ0v) is 15.0. The minimum atomic E-state index is -0.250. The van der Waals surface area contributed by atoms with Crippen molar-refractivity contribution in [2.24, 2.45) is 5.92 Å². The molecule has 0 saturated carbocycles. The van der Waals surface area contributed by atoms with E-state index in [0.717, 1.165) is 42.1 Å². The van der Waals surface area contributed by atoms with Crippen LogP contribution in [0.2, 0.25) is 0 Å². The molecular weight excluding hydrogens is 336 g/mol. The standard InChI is InChI=1S/C17H22N4O2.CH2O2/c1-20(15-9-11-5-7-21(15)8-6-11)17(22)16-13-4-3-12(23-2)10-14(13)18-19-16;2-1-3/h3-4,10-11,15H,5-9H2,1-2H3,(H,18,19);1H,(H,2,3)/t15-;/m1./s1. The molecule has 2 bridgehead atoms. The Kier molecular flexibility index (Phi) is 5.41. The predicted octanol–water partition coefficient (Wildman–Crippen LogP) is 1.79. The molecule has 1 amide bonds. The average Bonchev–Trinajstić information content (AvgIpc) is 3.11. The normalized spacial score (nSPS) is 23.8. The highest BCUT2D eigenvalue weighted by Gasteiger charge is 2.38. The molecule has 3 aliphatic heterocycles. The first-order chi connectivity index (χ1) is 12.6. The van der Waals surface area contributed by atoms with Gasteiger partial charge in [0.25, 0.3) is 12.4 Å². The van der Waals surface area contributed by atoms with Crippen LogP contribution < -0.4 is 4.74 Å². The molecule has 2 aromatic rings. The van der Waals surface area contributed by atoms with Gasteiger partial charge in [0.05, 0.1) is 18.8 Å². The molecular formula is C18H24N4O4. The fourth-order valence-electron chi connectivity index (χ4n) is 3.93. The van der Waals surface area contributed by atoms with Gasteiger partial charge in [0.2, 0.25) is 0 Å². The van der Waals surface area contributed by atoms with E-state index in [2.05, 4.69) is 15.1 Å². The van der Waals surface area contributed by atoms with Crippen molar-refractivity contribution in [2.75, 3.05) is 27.2 Å². The minimum Gasteiger partial charge on any atom is -0.497 e. The summed E-state index contributed by atoms with van der Waals surface area (Å²) in [5, 5.41) is 14.9. The van der Waals surface area contributed by atoms with Crippen LogP contribution in [0.25, 0.3) is 10.9 Å². The topological polar surface area (TPSA) is 98.8 Å². The summed E-state index contributed by atoms with van der Waals surface area (Å²) in [5.41, 5.74) is 1.32. The minimum absolute atomic E-state index is 0.0148. The lowest BCUT2D eigenvalue weighted by Crippen LogP contribution is -2.57. The van der Waals surface area contributed by atoms with Crippen molar-refractivity contribution < 1.29 is 19.4 Å². The fourth-order valence-corrected chi connectivity index (χ4v) is 3.93. The van der Waals surface area contributed by atoms with E-state index < -0.39 is 0 Å². The molecule has 8 heteroatoms. The summed E-state index contributed by atoms with van der Waals surface area (Å²) in [4.78, 5) is 25.6. The number of fused-ring (bicyclic) bond motifs is 4. The summed E-state index contributed by atoms with van der Waals surface area (Å²) in [6.07, 6.45) is 3.83. The number of aromatic amines is 1. The zero-order valence-electron chi connectivity index (χ0n) is 15.0. The van der Waals surface area contributed by atoms with Crippen LogP contribution >= 0.6 is 0 Å². The summed E-state index contributed by atoms with van der Waals surface area (Å²) >= 11 is 0. The number of piperidine rings is 3. The molecule has 3 fully saturated rings. The molecule has 2 N–H and O–H groups in total. The van der Waals surface area contributed by atoms with Gasteiger partial charge < -0.3 is 14.7 Å². The van der Waals surface area contributed by atoms with E-state index in [4.69, 9.17) is 14.6 Å². The molecule has 0 unspecified atom stereocenters. The van der Waals surface area contributed by atoms with Crippen LogP contribution in [-0.2, 0) is 4.79 Å². The highest BCUT2D eigenvalue weighted by molar-refractivity contribution is 6.04. The molecule has 140 valence electrons. The maximum absolute atomic E-state index is 12.9. The van der Waals surface area contributed by atoms with E-state index in [-0.39, 0.29) is 18.5 Å². The molecule has 0 spiro atoms. The number of benzene rings is 1. The Morgan fingerprint density at radius 1 is 1.42 bits per heavy atom. The van der Waals surface area contributed by atoms with Crippen molar-refractivity contribution in [3.63, 3.8) is 0 Å². The van der Waals surface area contributed by atoms with E-state index >= 15 is 0 Å². The Morgan fingerprint density at radius 2 is 2.12 bits per heavy atom. The maximum Gasteiger partial charge on any atom is 0.290 e. The Balaban J connectivity index is 0.000000613.